The van der Waals surface area contributed by atoms with Gasteiger partial charge in [0, 0.05) is 24.8 Å². The maximum absolute atomic E-state index is 12.5. The van der Waals surface area contributed by atoms with Crippen molar-refractivity contribution in [1.29, 1.82) is 0 Å². The van der Waals surface area contributed by atoms with Crippen LogP contribution in [0.1, 0.15) is 6.92 Å². The molecule has 0 spiro atoms. The number of piperazine rings is 1. The molecule has 5 heteroatoms. The summed E-state index contributed by atoms with van der Waals surface area (Å²) in [6, 6.07) is 7.45. The van der Waals surface area contributed by atoms with Gasteiger partial charge in [-0.15, -0.1) is 0 Å². The van der Waals surface area contributed by atoms with Crippen LogP contribution in [0, 0.1) is 0 Å². The number of hydrogen-bond acceptors (Lipinski definition) is 4. The molecule has 0 bridgehead atoms. The molecule has 5 nitrogen and oxygen atoms in total. The largest absolute Gasteiger partial charge is 0.497 e. The molecule has 1 aliphatic rings. The van der Waals surface area contributed by atoms with Crippen molar-refractivity contribution >= 4 is 11.6 Å². The van der Waals surface area contributed by atoms with Gasteiger partial charge in [-0.3, -0.25) is 9.69 Å². The third kappa shape index (κ3) is 2.57. The van der Waals surface area contributed by atoms with Gasteiger partial charge in [0.2, 0.25) is 5.91 Å². The maximum Gasteiger partial charge on any atom is 0.245 e. The monoisotopic (exact) mass is 263 g/mol. The highest BCUT2D eigenvalue weighted by Gasteiger charge is 2.36. The van der Waals surface area contributed by atoms with E-state index in [2.05, 4.69) is 0 Å². The molecule has 104 valence electrons. The number of carbonyl (C=O) groups is 1. The first-order valence-corrected chi connectivity index (χ1v) is 6.46. The third-order valence-corrected chi connectivity index (χ3v) is 3.62. The molecule has 1 heterocycles. The molecular formula is C14H21N3O2. The molecule has 2 unspecified atom stereocenters. The van der Waals surface area contributed by atoms with Crippen molar-refractivity contribution in [2.45, 2.75) is 19.0 Å². The zero-order chi connectivity index (χ0) is 14.0. The third-order valence-electron chi connectivity index (χ3n) is 3.62. The number of carbonyl (C=O) groups excluding carboxylic acids is 1. The zero-order valence-electron chi connectivity index (χ0n) is 11.7. The number of ether oxygens (including phenoxy) is 1. The van der Waals surface area contributed by atoms with Crippen LogP contribution < -0.4 is 15.4 Å². The van der Waals surface area contributed by atoms with E-state index >= 15 is 0 Å². The summed E-state index contributed by atoms with van der Waals surface area (Å²) in [5, 5.41) is 0. The lowest BCUT2D eigenvalue weighted by Gasteiger charge is -2.42. The fourth-order valence-corrected chi connectivity index (χ4v) is 2.60. The number of methoxy groups -OCH3 is 1. The van der Waals surface area contributed by atoms with Gasteiger partial charge in [-0.25, -0.2) is 0 Å². The van der Waals surface area contributed by atoms with E-state index in [1.54, 1.807) is 7.11 Å². The minimum absolute atomic E-state index is 0.0638. The molecule has 1 aliphatic heterocycles. The Kier molecular flexibility index (Phi) is 4.07. The van der Waals surface area contributed by atoms with Crippen LogP contribution in [0.2, 0.25) is 0 Å². The topological polar surface area (TPSA) is 58.8 Å². The first-order valence-electron chi connectivity index (χ1n) is 6.46. The van der Waals surface area contributed by atoms with E-state index < -0.39 is 0 Å². The lowest BCUT2D eigenvalue weighted by Crippen LogP contribution is -2.62. The van der Waals surface area contributed by atoms with Crippen LogP contribution in [-0.4, -0.2) is 50.1 Å². The second kappa shape index (κ2) is 5.59. The SMILES string of the molecule is COc1ccc(N2C(=O)C(CN)N(C)CC2C)cc1. The maximum atomic E-state index is 12.5. The van der Waals surface area contributed by atoms with Crippen LogP contribution in [0.3, 0.4) is 0 Å². The number of amides is 1. The van der Waals surface area contributed by atoms with Gasteiger partial charge in [-0.1, -0.05) is 0 Å². The Bertz CT molecular complexity index is 447. The van der Waals surface area contributed by atoms with Crippen molar-refractivity contribution in [3.63, 3.8) is 0 Å². The van der Waals surface area contributed by atoms with Crippen molar-refractivity contribution in [3.05, 3.63) is 24.3 Å². The van der Waals surface area contributed by atoms with Crippen molar-refractivity contribution < 1.29 is 9.53 Å². The first kappa shape index (κ1) is 13.8. The van der Waals surface area contributed by atoms with E-state index in [-0.39, 0.29) is 18.0 Å². The molecule has 2 rings (SSSR count). The standard InChI is InChI=1S/C14H21N3O2/c1-10-9-16(2)13(8-15)14(18)17(10)11-4-6-12(19-3)7-5-11/h4-7,10,13H,8-9,15H2,1-3H3. The van der Waals surface area contributed by atoms with Crippen molar-refractivity contribution in [2.75, 3.05) is 32.1 Å². The van der Waals surface area contributed by atoms with Crippen LogP contribution in [-0.2, 0) is 4.79 Å². The van der Waals surface area contributed by atoms with Gasteiger partial charge in [0.05, 0.1) is 7.11 Å². The van der Waals surface area contributed by atoms with E-state index in [1.165, 1.54) is 0 Å². The van der Waals surface area contributed by atoms with Crippen LogP contribution in [0.5, 0.6) is 5.75 Å². The zero-order valence-corrected chi connectivity index (χ0v) is 11.7. The molecule has 19 heavy (non-hydrogen) atoms. The molecule has 0 radical (unpaired) electrons. The molecule has 2 atom stereocenters. The van der Waals surface area contributed by atoms with E-state index in [0.717, 1.165) is 18.0 Å². The number of nitrogens with zero attached hydrogens (tertiary/aromatic N) is 2. The highest BCUT2D eigenvalue weighted by atomic mass is 16.5. The number of anilines is 1. The van der Waals surface area contributed by atoms with E-state index in [9.17, 15) is 4.79 Å². The Morgan fingerprint density at radius 3 is 2.53 bits per heavy atom. The van der Waals surface area contributed by atoms with Gasteiger partial charge >= 0.3 is 0 Å². The molecule has 0 saturated carbocycles. The number of benzene rings is 1. The van der Waals surface area contributed by atoms with Crippen molar-refractivity contribution in [1.82, 2.24) is 4.90 Å². The Morgan fingerprint density at radius 1 is 1.37 bits per heavy atom. The van der Waals surface area contributed by atoms with Crippen LogP contribution in [0.25, 0.3) is 0 Å². The van der Waals surface area contributed by atoms with Gasteiger partial charge in [-0.2, -0.15) is 0 Å². The van der Waals surface area contributed by atoms with Gasteiger partial charge in [0.15, 0.2) is 0 Å². The smallest absolute Gasteiger partial charge is 0.245 e. The minimum Gasteiger partial charge on any atom is -0.497 e. The average molecular weight is 263 g/mol. The first-order chi connectivity index (χ1) is 9.08. The quantitative estimate of drug-likeness (QED) is 0.871. The van der Waals surface area contributed by atoms with Crippen molar-refractivity contribution in [3.8, 4) is 5.75 Å². The minimum atomic E-state index is -0.238. The number of hydrogen-bond donors (Lipinski definition) is 1. The summed E-state index contributed by atoms with van der Waals surface area (Å²) in [5.74, 6) is 0.849. The summed E-state index contributed by atoms with van der Waals surface area (Å²) < 4.78 is 5.14. The Morgan fingerprint density at radius 2 is 2.00 bits per heavy atom. The number of likely N-dealkylation sites (N-methyl/N-ethyl adjacent to an activating group) is 1. The fourth-order valence-electron chi connectivity index (χ4n) is 2.60. The Balaban J connectivity index is 2.28. The van der Waals surface area contributed by atoms with Crippen LogP contribution >= 0.6 is 0 Å². The van der Waals surface area contributed by atoms with Gasteiger partial charge in [0.25, 0.3) is 0 Å². The Labute approximate surface area is 113 Å². The van der Waals surface area contributed by atoms with E-state index in [1.807, 2.05) is 48.0 Å². The predicted molar refractivity (Wildman–Crippen MR) is 75.4 cm³/mol. The summed E-state index contributed by atoms with van der Waals surface area (Å²) in [6.45, 7) is 3.21. The number of nitrogens with two attached hydrogens (primary N) is 1. The summed E-state index contributed by atoms with van der Waals surface area (Å²) in [6.07, 6.45) is 0. The van der Waals surface area contributed by atoms with E-state index in [0.29, 0.717) is 6.54 Å². The molecule has 1 aromatic rings. The molecule has 1 fully saturated rings. The highest BCUT2D eigenvalue weighted by molar-refractivity contribution is 5.98. The number of rotatable bonds is 3. The highest BCUT2D eigenvalue weighted by Crippen LogP contribution is 2.25. The lowest BCUT2D eigenvalue weighted by molar-refractivity contribution is -0.125. The normalized spacial score (nSPS) is 24.6. The van der Waals surface area contributed by atoms with Crippen LogP contribution in [0.4, 0.5) is 5.69 Å². The van der Waals surface area contributed by atoms with Gasteiger partial charge in [-0.05, 0) is 38.2 Å². The molecule has 2 N–H and O–H groups in total. The van der Waals surface area contributed by atoms with Crippen LogP contribution in [0.15, 0.2) is 24.3 Å². The van der Waals surface area contributed by atoms with Gasteiger partial charge < -0.3 is 15.4 Å². The predicted octanol–water partition coefficient (Wildman–Crippen LogP) is 0.689. The fraction of sp³-hybridized carbons (Fsp3) is 0.500. The summed E-state index contributed by atoms with van der Waals surface area (Å²) in [5.41, 5.74) is 6.60. The molecule has 1 saturated heterocycles. The van der Waals surface area contributed by atoms with E-state index in [4.69, 9.17) is 10.5 Å². The molecule has 0 aliphatic carbocycles. The molecular weight excluding hydrogens is 242 g/mol. The molecule has 1 amide bonds. The summed E-state index contributed by atoms with van der Waals surface area (Å²) >= 11 is 0. The summed E-state index contributed by atoms with van der Waals surface area (Å²) in [4.78, 5) is 16.4. The molecule has 0 aromatic heterocycles. The lowest BCUT2D eigenvalue weighted by atomic mass is 10.1. The second-order valence-corrected chi connectivity index (χ2v) is 4.95. The van der Waals surface area contributed by atoms with Gasteiger partial charge in [0.1, 0.15) is 11.8 Å². The summed E-state index contributed by atoms with van der Waals surface area (Å²) in [7, 11) is 3.57. The average Bonchev–Trinajstić information content (AvgIpc) is 2.39. The molecule has 1 aromatic carbocycles. The second-order valence-electron chi connectivity index (χ2n) is 4.95. The van der Waals surface area contributed by atoms with Crippen molar-refractivity contribution in [2.24, 2.45) is 5.73 Å². The Hall–Kier alpha value is -1.59.